The van der Waals surface area contributed by atoms with Crippen LogP contribution in [-0.2, 0) is 20.9 Å². The molecule has 7 heteroatoms. The number of aliphatic imine (C=N–C) groups is 1. The second-order valence-corrected chi connectivity index (χ2v) is 9.29. The SMILES string of the molecule is CSc1ccc([C@@H]2C(C(=O)OCc3ccccc3)=C(C)N=C3S[C@@H](C)C(=O)N32)cc1. The highest BCUT2D eigenvalue weighted by atomic mass is 32.2. The summed E-state index contributed by atoms with van der Waals surface area (Å²) in [7, 11) is 0. The fourth-order valence-electron chi connectivity index (χ4n) is 3.57. The van der Waals surface area contributed by atoms with E-state index in [1.54, 1.807) is 23.6 Å². The van der Waals surface area contributed by atoms with Crippen LogP contribution in [-0.4, -0.2) is 33.4 Å². The van der Waals surface area contributed by atoms with Crippen molar-refractivity contribution in [3.8, 4) is 0 Å². The largest absolute Gasteiger partial charge is 0.457 e. The average Bonchev–Trinajstić information content (AvgIpc) is 3.05. The third-order valence-corrected chi connectivity index (χ3v) is 6.92. The molecule has 0 bridgehead atoms. The van der Waals surface area contributed by atoms with Gasteiger partial charge >= 0.3 is 5.97 Å². The fraction of sp³-hybridized carbons (Fsp3) is 0.261. The van der Waals surface area contributed by atoms with Crippen molar-refractivity contribution in [1.82, 2.24) is 4.90 Å². The van der Waals surface area contributed by atoms with E-state index in [4.69, 9.17) is 4.74 Å². The number of benzene rings is 2. The van der Waals surface area contributed by atoms with Gasteiger partial charge in [-0.25, -0.2) is 9.79 Å². The third-order valence-electron chi connectivity index (χ3n) is 5.12. The Kier molecular flexibility index (Phi) is 6.01. The Morgan fingerprint density at radius 1 is 1.17 bits per heavy atom. The molecule has 30 heavy (non-hydrogen) atoms. The standard InChI is InChI=1S/C23H22N2O3S2/c1-14-19(22(27)28-13-16-7-5-4-6-8-16)20(17-9-11-18(29-3)12-10-17)25-21(26)15(2)30-23(25)24-14/h4-12,15,20H,13H2,1-3H3/t15-,20+/m0/s1. The van der Waals surface area contributed by atoms with E-state index in [2.05, 4.69) is 4.99 Å². The van der Waals surface area contributed by atoms with Crippen LogP contribution in [0.15, 0.2) is 75.8 Å². The molecule has 0 unspecified atom stereocenters. The van der Waals surface area contributed by atoms with Gasteiger partial charge in [0.25, 0.3) is 0 Å². The van der Waals surface area contributed by atoms with Crippen molar-refractivity contribution in [3.63, 3.8) is 0 Å². The van der Waals surface area contributed by atoms with Crippen molar-refractivity contribution >= 4 is 40.6 Å². The number of allylic oxidation sites excluding steroid dienone is 1. The summed E-state index contributed by atoms with van der Waals surface area (Å²) >= 11 is 3.07. The number of amides is 1. The number of amidine groups is 1. The van der Waals surface area contributed by atoms with Crippen molar-refractivity contribution in [1.29, 1.82) is 0 Å². The van der Waals surface area contributed by atoms with Gasteiger partial charge in [0.05, 0.1) is 22.6 Å². The molecule has 0 N–H and O–H groups in total. The van der Waals surface area contributed by atoms with Gasteiger partial charge < -0.3 is 4.74 Å². The number of thioether (sulfide) groups is 2. The summed E-state index contributed by atoms with van der Waals surface area (Å²) in [6.45, 7) is 3.84. The minimum Gasteiger partial charge on any atom is -0.457 e. The van der Waals surface area contributed by atoms with E-state index in [0.717, 1.165) is 16.0 Å². The Hall–Kier alpha value is -2.51. The molecule has 2 atom stereocenters. The van der Waals surface area contributed by atoms with Crippen molar-refractivity contribution in [3.05, 3.63) is 77.0 Å². The molecule has 1 amide bonds. The lowest BCUT2D eigenvalue weighted by Crippen LogP contribution is -2.40. The van der Waals surface area contributed by atoms with E-state index < -0.39 is 12.0 Å². The molecular weight excluding hydrogens is 416 g/mol. The summed E-state index contributed by atoms with van der Waals surface area (Å²) in [5.74, 6) is -0.492. The van der Waals surface area contributed by atoms with E-state index in [9.17, 15) is 9.59 Å². The van der Waals surface area contributed by atoms with Gasteiger partial charge in [0.1, 0.15) is 6.61 Å². The summed E-state index contributed by atoms with van der Waals surface area (Å²) in [6.07, 6.45) is 2.01. The third kappa shape index (κ3) is 3.91. The molecule has 0 spiro atoms. The Balaban J connectivity index is 1.70. The van der Waals surface area contributed by atoms with Crippen LogP contribution in [0.1, 0.15) is 31.0 Å². The van der Waals surface area contributed by atoms with Crippen molar-refractivity contribution in [2.45, 2.75) is 36.6 Å². The Bertz CT molecular complexity index is 1030. The Morgan fingerprint density at radius 2 is 1.87 bits per heavy atom. The zero-order valence-corrected chi connectivity index (χ0v) is 18.6. The second kappa shape index (κ2) is 8.70. The molecule has 4 rings (SSSR count). The van der Waals surface area contributed by atoms with Gasteiger partial charge in [0.15, 0.2) is 5.17 Å². The van der Waals surface area contributed by atoms with Crippen molar-refractivity contribution in [2.75, 3.05) is 6.26 Å². The summed E-state index contributed by atoms with van der Waals surface area (Å²) in [4.78, 5) is 33.5. The normalized spacial score (nSPS) is 20.8. The highest BCUT2D eigenvalue weighted by Gasteiger charge is 2.46. The smallest absolute Gasteiger partial charge is 0.338 e. The first-order valence-corrected chi connectivity index (χ1v) is 11.7. The average molecular weight is 439 g/mol. The van der Waals surface area contributed by atoms with Crippen LogP contribution < -0.4 is 0 Å². The van der Waals surface area contributed by atoms with E-state index in [-0.39, 0.29) is 17.8 Å². The van der Waals surface area contributed by atoms with Crippen LogP contribution >= 0.6 is 23.5 Å². The number of fused-ring (bicyclic) bond motifs is 1. The zero-order valence-electron chi connectivity index (χ0n) is 17.0. The number of ether oxygens (including phenoxy) is 1. The molecule has 1 saturated heterocycles. The number of esters is 1. The summed E-state index contributed by atoms with van der Waals surface area (Å²) in [5, 5.41) is 0.410. The van der Waals surface area contributed by atoms with Crippen LogP contribution in [0.4, 0.5) is 0 Å². The highest BCUT2D eigenvalue weighted by Crippen LogP contribution is 2.43. The molecule has 0 radical (unpaired) electrons. The van der Waals surface area contributed by atoms with E-state index >= 15 is 0 Å². The quantitative estimate of drug-likeness (QED) is 0.496. The number of carbonyl (C=O) groups excluding carboxylic acids is 2. The van der Waals surface area contributed by atoms with Crippen LogP contribution in [0.3, 0.4) is 0 Å². The molecule has 0 aliphatic carbocycles. The summed E-state index contributed by atoms with van der Waals surface area (Å²) in [6, 6.07) is 17.0. The molecule has 2 aliphatic rings. The molecule has 154 valence electrons. The lowest BCUT2D eigenvalue weighted by Gasteiger charge is -2.33. The Labute approximate surface area is 184 Å². The molecule has 5 nitrogen and oxygen atoms in total. The van der Waals surface area contributed by atoms with Gasteiger partial charge in [0, 0.05) is 4.90 Å². The van der Waals surface area contributed by atoms with Gasteiger partial charge in [-0.2, -0.15) is 0 Å². The minimum atomic E-state index is -0.540. The minimum absolute atomic E-state index is 0.0430. The van der Waals surface area contributed by atoms with E-state index in [0.29, 0.717) is 16.4 Å². The molecule has 1 fully saturated rings. The fourth-order valence-corrected chi connectivity index (χ4v) is 5.00. The molecule has 2 aliphatic heterocycles. The molecule has 0 aromatic heterocycles. The maximum Gasteiger partial charge on any atom is 0.338 e. The first kappa shape index (κ1) is 20.8. The molecule has 2 heterocycles. The van der Waals surface area contributed by atoms with Crippen LogP contribution in [0.5, 0.6) is 0 Å². The maximum atomic E-state index is 13.2. The lowest BCUT2D eigenvalue weighted by molar-refractivity contribution is -0.141. The molecule has 2 aromatic rings. The lowest BCUT2D eigenvalue weighted by atomic mass is 9.94. The van der Waals surface area contributed by atoms with Gasteiger partial charge in [0.2, 0.25) is 5.91 Å². The molecule has 2 aromatic carbocycles. The predicted octanol–water partition coefficient (Wildman–Crippen LogP) is 4.80. The first-order valence-electron chi connectivity index (χ1n) is 9.63. The van der Waals surface area contributed by atoms with Gasteiger partial charge in [-0.05, 0) is 43.4 Å². The van der Waals surface area contributed by atoms with Crippen LogP contribution in [0.2, 0.25) is 0 Å². The molecular formula is C23H22N2O3S2. The number of hydrogen-bond acceptors (Lipinski definition) is 6. The predicted molar refractivity (Wildman–Crippen MR) is 121 cm³/mol. The summed E-state index contributed by atoms with van der Waals surface area (Å²) < 4.78 is 5.63. The molecule has 0 saturated carbocycles. The van der Waals surface area contributed by atoms with E-state index in [1.807, 2.05) is 67.8 Å². The number of hydrogen-bond donors (Lipinski definition) is 0. The number of nitrogens with zero attached hydrogens (tertiary/aromatic N) is 2. The highest BCUT2D eigenvalue weighted by molar-refractivity contribution is 8.15. The monoisotopic (exact) mass is 438 g/mol. The Morgan fingerprint density at radius 3 is 2.53 bits per heavy atom. The maximum absolute atomic E-state index is 13.2. The van der Waals surface area contributed by atoms with E-state index in [1.165, 1.54) is 11.8 Å². The first-order chi connectivity index (χ1) is 14.5. The van der Waals surface area contributed by atoms with Crippen molar-refractivity contribution < 1.29 is 14.3 Å². The number of carbonyl (C=O) groups is 2. The number of rotatable bonds is 5. The van der Waals surface area contributed by atoms with Crippen LogP contribution in [0, 0.1) is 0 Å². The van der Waals surface area contributed by atoms with Crippen LogP contribution in [0.25, 0.3) is 0 Å². The second-order valence-electron chi connectivity index (χ2n) is 7.10. The van der Waals surface area contributed by atoms with Crippen molar-refractivity contribution in [2.24, 2.45) is 4.99 Å². The zero-order chi connectivity index (χ0) is 21.3. The topological polar surface area (TPSA) is 59.0 Å². The van der Waals surface area contributed by atoms with Gasteiger partial charge in [-0.3, -0.25) is 9.69 Å². The van der Waals surface area contributed by atoms with Gasteiger partial charge in [-0.1, -0.05) is 54.2 Å². The van der Waals surface area contributed by atoms with Gasteiger partial charge in [-0.15, -0.1) is 11.8 Å². The summed E-state index contributed by atoms with van der Waals surface area (Å²) in [5.41, 5.74) is 2.78.